The van der Waals surface area contributed by atoms with Crippen LogP contribution in [0.3, 0.4) is 0 Å². The van der Waals surface area contributed by atoms with E-state index in [0.29, 0.717) is 0 Å². The highest BCUT2D eigenvalue weighted by molar-refractivity contribution is 5.09. The molecule has 0 unspecified atom stereocenters. The van der Waals surface area contributed by atoms with Crippen LogP contribution in [0, 0.1) is 12.3 Å². The molecule has 1 heterocycles. The van der Waals surface area contributed by atoms with Gasteiger partial charge in [0.25, 0.3) is 0 Å². The lowest BCUT2D eigenvalue weighted by Crippen LogP contribution is -2.40. The standard InChI is InChI=1S/C15H27N3/c1-5-15(6-2,11-16)12-18(4)10-14-9-7-8-13(3)17-14/h7-9H,5-6,10-12,16H2,1-4H3. The topological polar surface area (TPSA) is 42.1 Å². The summed E-state index contributed by atoms with van der Waals surface area (Å²) in [5.74, 6) is 0. The largest absolute Gasteiger partial charge is 0.330 e. The van der Waals surface area contributed by atoms with Crippen LogP contribution in [0.1, 0.15) is 38.1 Å². The van der Waals surface area contributed by atoms with Gasteiger partial charge in [0.05, 0.1) is 5.69 Å². The molecule has 18 heavy (non-hydrogen) atoms. The molecule has 3 heteroatoms. The summed E-state index contributed by atoms with van der Waals surface area (Å²) in [6, 6.07) is 6.19. The molecule has 0 spiro atoms. The fourth-order valence-electron chi connectivity index (χ4n) is 2.42. The summed E-state index contributed by atoms with van der Waals surface area (Å²) in [6.45, 7) is 9.18. The van der Waals surface area contributed by atoms with Crippen molar-refractivity contribution in [3.05, 3.63) is 29.6 Å². The van der Waals surface area contributed by atoms with Crippen molar-refractivity contribution in [1.29, 1.82) is 0 Å². The number of nitrogens with zero attached hydrogens (tertiary/aromatic N) is 2. The fraction of sp³-hybridized carbons (Fsp3) is 0.667. The Balaban J connectivity index is 2.63. The summed E-state index contributed by atoms with van der Waals surface area (Å²) in [7, 11) is 2.15. The number of pyridine rings is 1. The highest BCUT2D eigenvalue weighted by Gasteiger charge is 2.25. The molecule has 0 saturated heterocycles. The monoisotopic (exact) mass is 249 g/mol. The molecule has 0 amide bonds. The molecule has 0 aliphatic rings. The normalized spacial score (nSPS) is 12.1. The molecule has 0 bridgehead atoms. The molecule has 0 aromatic carbocycles. The first-order valence-electron chi connectivity index (χ1n) is 6.86. The van der Waals surface area contributed by atoms with E-state index in [4.69, 9.17) is 5.73 Å². The van der Waals surface area contributed by atoms with Crippen LogP contribution in [0.15, 0.2) is 18.2 Å². The van der Waals surface area contributed by atoms with Gasteiger partial charge in [0.15, 0.2) is 0 Å². The number of aryl methyl sites for hydroxylation is 1. The van der Waals surface area contributed by atoms with Crippen molar-refractivity contribution in [2.24, 2.45) is 11.1 Å². The summed E-state index contributed by atoms with van der Waals surface area (Å²) in [5, 5.41) is 0. The summed E-state index contributed by atoms with van der Waals surface area (Å²) < 4.78 is 0. The van der Waals surface area contributed by atoms with Gasteiger partial charge in [0.1, 0.15) is 0 Å². The third-order valence-corrected chi connectivity index (χ3v) is 3.92. The van der Waals surface area contributed by atoms with E-state index in [1.165, 1.54) is 0 Å². The third kappa shape index (κ3) is 4.07. The van der Waals surface area contributed by atoms with Crippen LogP contribution in [-0.4, -0.2) is 30.0 Å². The van der Waals surface area contributed by atoms with E-state index >= 15 is 0 Å². The molecule has 0 aliphatic carbocycles. The van der Waals surface area contributed by atoms with Crippen LogP contribution >= 0.6 is 0 Å². The number of aromatic nitrogens is 1. The third-order valence-electron chi connectivity index (χ3n) is 3.92. The van der Waals surface area contributed by atoms with Gasteiger partial charge in [-0.3, -0.25) is 9.88 Å². The Morgan fingerprint density at radius 2 is 1.94 bits per heavy atom. The molecule has 102 valence electrons. The second-order valence-corrected chi connectivity index (χ2v) is 5.35. The van der Waals surface area contributed by atoms with Crippen LogP contribution < -0.4 is 5.73 Å². The molecule has 0 atom stereocenters. The number of hydrogen-bond donors (Lipinski definition) is 1. The average molecular weight is 249 g/mol. The smallest absolute Gasteiger partial charge is 0.0547 e. The van der Waals surface area contributed by atoms with Crippen LogP contribution in [0.25, 0.3) is 0 Å². The lowest BCUT2D eigenvalue weighted by atomic mass is 9.82. The van der Waals surface area contributed by atoms with Crippen LogP contribution in [0.2, 0.25) is 0 Å². The minimum absolute atomic E-state index is 0.249. The second-order valence-electron chi connectivity index (χ2n) is 5.35. The van der Waals surface area contributed by atoms with Crippen molar-refractivity contribution in [2.45, 2.75) is 40.2 Å². The number of hydrogen-bond acceptors (Lipinski definition) is 3. The van der Waals surface area contributed by atoms with Crippen molar-refractivity contribution in [3.63, 3.8) is 0 Å². The van der Waals surface area contributed by atoms with Gasteiger partial charge in [-0.2, -0.15) is 0 Å². The minimum atomic E-state index is 0.249. The van der Waals surface area contributed by atoms with E-state index in [1.807, 2.05) is 13.0 Å². The van der Waals surface area contributed by atoms with Gasteiger partial charge in [-0.25, -0.2) is 0 Å². The minimum Gasteiger partial charge on any atom is -0.330 e. The van der Waals surface area contributed by atoms with Crippen molar-refractivity contribution in [2.75, 3.05) is 20.1 Å². The van der Waals surface area contributed by atoms with Crippen molar-refractivity contribution >= 4 is 0 Å². The molecule has 0 saturated carbocycles. The first-order valence-corrected chi connectivity index (χ1v) is 6.86. The quantitative estimate of drug-likeness (QED) is 0.807. The number of rotatable bonds is 7. The Morgan fingerprint density at radius 3 is 2.44 bits per heavy atom. The maximum absolute atomic E-state index is 5.95. The molecular weight excluding hydrogens is 222 g/mol. The zero-order chi connectivity index (χ0) is 13.6. The van der Waals surface area contributed by atoms with Gasteiger partial charge in [0.2, 0.25) is 0 Å². The van der Waals surface area contributed by atoms with Gasteiger partial charge in [0, 0.05) is 18.8 Å². The maximum atomic E-state index is 5.95. The zero-order valence-corrected chi connectivity index (χ0v) is 12.2. The van der Waals surface area contributed by atoms with Gasteiger partial charge in [-0.05, 0) is 50.9 Å². The first kappa shape index (κ1) is 15.1. The van der Waals surface area contributed by atoms with Gasteiger partial charge >= 0.3 is 0 Å². The zero-order valence-electron chi connectivity index (χ0n) is 12.2. The lowest BCUT2D eigenvalue weighted by molar-refractivity contribution is 0.161. The summed E-state index contributed by atoms with van der Waals surface area (Å²) in [6.07, 6.45) is 2.26. The predicted octanol–water partition coefficient (Wildman–Crippen LogP) is 2.59. The van der Waals surface area contributed by atoms with Crippen LogP contribution in [0.4, 0.5) is 0 Å². The molecule has 0 aliphatic heterocycles. The molecular formula is C15H27N3. The highest BCUT2D eigenvalue weighted by Crippen LogP contribution is 2.26. The molecule has 1 aromatic heterocycles. The Labute approximate surface area is 111 Å². The highest BCUT2D eigenvalue weighted by atomic mass is 15.1. The predicted molar refractivity (Wildman–Crippen MR) is 77.4 cm³/mol. The molecule has 1 rings (SSSR count). The SMILES string of the molecule is CCC(CC)(CN)CN(C)Cc1cccc(C)n1. The molecule has 0 radical (unpaired) electrons. The maximum Gasteiger partial charge on any atom is 0.0547 e. The van der Waals surface area contributed by atoms with E-state index in [1.54, 1.807) is 0 Å². The second kappa shape index (κ2) is 6.86. The Kier molecular flexibility index (Phi) is 5.76. The van der Waals surface area contributed by atoms with Crippen LogP contribution in [-0.2, 0) is 6.54 Å². The summed E-state index contributed by atoms with van der Waals surface area (Å²) in [5.41, 5.74) is 8.42. The van der Waals surface area contributed by atoms with E-state index in [-0.39, 0.29) is 5.41 Å². The average Bonchev–Trinajstić information content (AvgIpc) is 2.36. The summed E-state index contributed by atoms with van der Waals surface area (Å²) >= 11 is 0. The van der Waals surface area contributed by atoms with Crippen molar-refractivity contribution in [3.8, 4) is 0 Å². The molecule has 2 N–H and O–H groups in total. The van der Waals surface area contributed by atoms with Gasteiger partial charge in [-0.1, -0.05) is 19.9 Å². The van der Waals surface area contributed by atoms with Crippen molar-refractivity contribution in [1.82, 2.24) is 9.88 Å². The molecule has 0 fully saturated rings. The number of nitrogens with two attached hydrogens (primary N) is 1. The fourth-order valence-corrected chi connectivity index (χ4v) is 2.42. The molecule has 1 aromatic rings. The Hall–Kier alpha value is -0.930. The molecule has 3 nitrogen and oxygen atoms in total. The van der Waals surface area contributed by atoms with Crippen molar-refractivity contribution < 1.29 is 0 Å². The summed E-state index contributed by atoms with van der Waals surface area (Å²) in [4.78, 5) is 6.88. The Morgan fingerprint density at radius 1 is 1.28 bits per heavy atom. The first-order chi connectivity index (χ1) is 8.55. The van der Waals surface area contributed by atoms with E-state index < -0.39 is 0 Å². The van der Waals surface area contributed by atoms with E-state index in [9.17, 15) is 0 Å². The van der Waals surface area contributed by atoms with E-state index in [2.05, 4.69) is 42.9 Å². The Bertz CT molecular complexity index is 350. The van der Waals surface area contributed by atoms with Gasteiger partial charge in [-0.15, -0.1) is 0 Å². The lowest BCUT2D eigenvalue weighted by Gasteiger charge is -2.34. The van der Waals surface area contributed by atoms with E-state index in [0.717, 1.165) is 43.9 Å². The van der Waals surface area contributed by atoms with Gasteiger partial charge < -0.3 is 5.73 Å². The van der Waals surface area contributed by atoms with Crippen LogP contribution in [0.5, 0.6) is 0 Å².